The molecule has 0 atom stereocenters. The lowest BCUT2D eigenvalue weighted by atomic mass is 10.1. The van der Waals surface area contributed by atoms with E-state index >= 15 is 0 Å². The predicted octanol–water partition coefficient (Wildman–Crippen LogP) is 2.91. The minimum atomic E-state index is -4.50. The van der Waals surface area contributed by atoms with Crippen LogP contribution in [0.2, 0.25) is 0 Å². The Morgan fingerprint density at radius 1 is 1.24 bits per heavy atom. The Balaban J connectivity index is 2.76. The third-order valence-corrected chi connectivity index (χ3v) is 2.44. The van der Waals surface area contributed by atoms with Gasteiger partial charge in [-0.2, -0.15) is 13.2 Å². The molecule has 1 N–H and O–H groups in total. The van der Waals surface area contributed by atoms with Gasteiger partial charge in [0.25, 0.3) is 0 Å². The van der Waals surface area contributed by atoms with Gasteiger partial charge in [-0.1, -0.05) is 6.07 Å². The molecule has 5 heteroatoms. The monoisotopic (exact) mass is 247 g/mol. The molecule has 96 valence electrons. The number of hydrogen-bond acceptors (Lipinski definition) is 2. The highest BCUT2D eigenvalue weighted by Gasteiger charge is 2.33. The van der Waals surface area contributed by atoms with Crippen LogP contribution in [0.4, 0.5) is 13.2 Å². The zero-order chi connectivity index (χ0) is 13.1. The van der Waals surface area contributed by atoms with Gasteiger partial charge in [0.05, 0.1) is 5.56 Å². The van der Waals surface area contributed by atoms with E-state index in [9.17, 15) is 13.2 Å². The summed E-state index contributed by atoms with van der Waals surface area (Å²) in [7, 11) is 3.83. The van der Waals surface area contributed by atoms with E-state index in [1.54, 1.807) is 0 Å². The van der Waals surface area contributed by atoms with Crippen molar-refractivity contribution in [3.05, 3.63) is 29.3 Å². The predicted molar refractivity (Wildman–Crippen MR) is 60.0 cm³/mol. The first-order valence-electron chi connectivity index (χ1n) is 5.34. The van der Waals surface area contributed by atoms with E-state index in [0.29, 0.717) is 12.0 Å². The molecule has 0 radical (unpaired) electrons. The maximum atomic E-state index is 12.5. The summed E-state index contributed by atoms with van der Waals surface area (Å²) in [4.78, 5) is 1.98. The molecule has 0 saturated carbocycles. The first-order chi connectivity index (χ1) is 7.80. The molecule has 0 bridgehead atoms. The number of alkyl halides is 3. The molecule has 2 nitrogen and oxygen atoms in total. The molecule has 0 heterocycles. The van der Waals surface area contributed by atoms with Gasteiger partial charge in [0, 0.05) is 0 Å². The van der Waals surface area contributed by atoms with Crippen molar-refractivity contribution >= 4 is 0 Å². The molecule has 0 spiro atoms. The molecule has 1 rings (SSSR count). The summed E-state index contributed by atoms with van der Waals surface area (Å²) < 4.78 is 37.5. The third-order valence-electron chi connectivity index (χ3n) is 2.44. The number of rotatable bonds is 4. The number of phenolic OH excluding ortho intramolecular Hbond substituents is 1. The third kappa shape index (κ3) is 4.26. The molecule has 0 amide bonds. The van der Waals surface area contributed by atoms with Crippen molar-refractivity contribution in [3.63, 3.8) is 0 Å². The topological polar surface area (TPSA) is 23.5 Å². The maximum absolute atomic E-state index is 12.5. The van der Waals surface area contributed by atoms with Crippen LogP contribution >= 0.6 is 0 Å². The first kappa shape index (κ1) is 13.8. The van der Waals surface area contributed by atoms with Gasteiger partial charge < -0.3 is 10.0 Å². The van der Waals surface area contributed by atoms with Crippen molar-refractivity contribution in [2.75, 3.05) is 20.6 Å². The second-order valence-corrected chi connectivity index (χ2v) is 4.26. The highest BCUT2D eigenvalue weighted by molar-refractivity contribution is 5.38. The molecule has 1 aromatic carbocycles. The number of benzene rings is 1. The zero-order valence-electron chi connectivity index (χ0n) is 9.88. The SMILES string of the molecule is CN(C)CCCc1ccc(O)c(C(F)(F)F)c1. The number of halogens is 3. The van der Waals surface area contributed by atoms with Crippen LogP contribution in [0.5, 0.6) is 5.75 Å². The Kier molecular flexibility index (Phi) is 4.40. The van der Waals surface area contributed by atoms with E-state index < -0.39 is 17.5 Å². The van der Waals surface area contributed by atoms with Crippen molar-refractivity contribution in [3.8, 4) is 5.75 Å². The summed E-state index contributed by atoms with van der Waals surface area (Å²) in [5.74, 6) is -0.714. The van der Waals surface area contributed by atoms with Gasteiger partial charge in [-0.15, -0.1) is 0 Å². The number of aryl methyl sites for hydroxylation is 1. The fourth-order valence-corrected chi connectivity index (χ4v) is 1.57. The molecule has 0 unspecified atom stereocenters. The average Bonchev–Trinajstić information content (AvgIpc) is 2.18. The van der Waals surface area contributed by atoms with Gasteiger partial charge in [0.2, 0.25) is 0 Å². The van der Waals surface area contributed by atoms with Gasteiger partial charge in [0.15, 0.2) is 0 Å². The lowest BCUT2D eigenvalue weighted by Crippen LogP contribution is -2.13. The van der Waals surface area contributed by atoms with Gasteiger partial charge in [0.1, 0.15) is 5.75 Å². The van der Waals surface area contributed by atoms with Crippen LogP contribution in [0.1, 0.15) is 17.5 Å². The Morgan fingerprint density at radius 2 is 1.88 bits per heavy atom. The molecule has 0 aromatic heterocycles. The molecule has 0 saturated heterocycles. The highest BCUT2D eigenvalue weighted by atomic mass is 19.4. The quantitative estimate of drug-likeness (QED) is 0.884. The van der Waals surface area contributed by atoms with Gasteiger partial charge in [-0.3, -0.25) is 0 Å². The van der Waals surface area contributed by atoms with Crippen LogP contribution in [-0.4, -0.2) is 30.6 Å². The summed E-state index contributed by atoms with van der Waals surface area (Å²) in [6, 6.07) is 3.65. The Hall–Kier alpha value is -1.23. The summed E-state index contributed by atoms with van der Waals surface area (Å²) in [5, 5.41) is 9.16. The van der Waals surface area contributed by atoms with Gasteiger partial charge in [-0.05, 0) is 51.2 Å². The van der Waals surface area contributed by atoms with Crippen LogP contribution in [0.15, 0.2) is 18.2 Å². The van der Waals surface area contributed by atoms with Crippen LogP contribution in [-0.2, 0) is 12.6 Å². The Morgan fingerprint density at radius 3 is 2.41 bits per heavy atom. The van der Waals surface area contributed by atoms with Crippen LogP contribution in [0.3, 0.4) is 0 Å². The summed E-state index contributed by atoms with van der Waals surface area (Å²) >= 11 is 0. The van der Waals surface area contributed by atoms with E-state index in [4.69, 9.17) is 5.11 Å². The van der Waals surface area contributed by atoms with Gasteiger partial charge >= 0.3 is 6.18 Å². The molecular formula is C12H16F3NO. The molecule has 0 aliphatic rings. The number of hydrogen-bond donors (Lipinski definition) is 1. The number of phenols is 1. The summed E-state index contributed by atoms with van der Waals surface area (Å²) in [6.45, 7) is 0.822. The van der Waals surface area contributed by atoms with E-state index in [1.807, 2.05) is 19.0 Å². The Labute approximate surface area is 98.7 Å². The first-order valence-corrected chi connectivity index (χ1v) is 5.34. The smallest absolute Gasteiger partial charge is 0.419 e. The lowest BCUT2D eigenvalue weighted by molar-refractivity contribution is -0.138. The number of nitrogens with zero attached hydrogens (tertiary/aromatic N) is 1. The molecule has 0 aliphatic heterocycles. The Bertz CT molecular complexity index is 375. The summed E-state index contributed by atoms with van der Waals surface area (Å²) in [5.41, 5.74) is -0.364. The van der Waals surface area contributed by atoms with Crippen molar-refractivity contribution in [2.45, 2.75) is 19.0 Å². The van der Waals surface area contributed by atoms with E-state index in [0.717, 1.165) is 25.1 Å². The second kappa shape index (κ2) is 5.40. The van der Waals surface area contributed by atoms with Crippen molar-refractivity contribution in [1.82, 2.24) is 4.90 Å². The zero-order valence-corrected chi connectivity index (χ0v) is 9.88. The average molecular weight is 247 g/mol. The molecule has 17 heavy (non-hydrogen) atoms. The standard InChI is InChI=1S/C12H16F3NO/c1-16(2)7-3-4-9-5-6-11(17)10(8-9)12(13,14)15/h5-6,8,17H,3-4,7H2,1-2H3. The van der Waals surface area contributed by atoms with Crippen LogP contribution in [0.25, 0.3) is 0 Å². The maximum Gasteiger partial charge on any atom is 0.419 e. The fourth-order valence-electron chi connectivity index (χ4n) is 1.57. The molecule has 0 fully saturated rings. The van der Waals surface area contributed by atoms with Gasteiger partial charge in [-0.25, -0.2) is 0 Å². The molecule has 1 aromatic rings. The minimum Gasteiger partial charge on any atom is -0.507 e. The molecular weight excluding hydrogens is 231 g/mol. The van der Waals surface area contributed by atoms with Crippen LogP contribution in [0, 0.1) is 0 Å². The fraction of sp³-hybridized carbons (Fsp3) is 0.500. The van der Waals surface area contributed by atoms with E-state index in [1.165, 1.54) is 6.07 Å². The van der Waals surface area contributed by atoms with Crippen molar-refractivity contribution < 1.29 is 18.3 Å². The van der Waals surface area contributed by atoms with Crippen molar-refractivity contribution in [1.29, 1.82) is 0 Å². The summed E-state index contributed by atoms with van der Waals surface area (Å²) in [6.07, 6.45) is -3.14. The number of aromatic hydroxyl groups is 1. The largest absolute Gasteiger partial charge is 0.507 e. The van der Waals surface area contributed by atoms with E-state index in [2.05, 4.69) is 0 Å². The molecule has 0 aliphatic carbocycles. The highest BCUT2D eigenvalue weighted by Crippen LogP contribution is 2.36. The second-order valence-electron chi connectivity index (χ2n) is 4.26. The minimum absolute atomic E-state index is 0.571. The lowest BCUT2D eigenvalue weighted by Gasteiger charge is -2.12. The van der Waals surface area contributed by atoms with Crippen LogP contribution < -0.4 is 0 Å². The van der Waals surface area contributed by atoms with Crippen molar-refractivity contribution in [2.24, 2.45) is 0 Å². The normalized spacial score (nSPS) is 12.1. The van der Waals surface area contributed by atoms with E-state index in [-0.39, 0.29) is 0 Å².